The van der Waals surface area contributed by atoms with Gasteiger partial charge in [0.1, 0.15) is 23.7 Å². The summed E-state index contributed by atoms with van der Waals surface area (Å²) >= 11 is 0. The Morgan fingerprint density at radius 1 is 1.24 bits per heavy atom. The number of hydrogen-bond acceptors (Lipinski definition) is 8. The standard InChI is InChI=1S/C22H24F2N6O3/c1-20-11-22(23,24)21(2,29-20)9-17(18(20)32-3)33-19-26-10-15(27-28-19)14-5-4-13(8-16(14)31)30-7-6-25-12-30/h4-8,10,12,17-18,29,31H,9,11H2,1-3H3/t17-,18+,20+,21+/m0/s1. The van der Waals surface area contributed by atoms with Crippen molar-refractivity contribution >= 4 is 0 Å². The maximum atomic E-state index is 14.7. The van der Waals surface area contributed by atoms with Crippen molar-refractivity contribution in [3.8, 4) is 28.7 Å². The molecule has 2 bridgehead atoms. The molecular formula is C22H24F2N6O3. The number of fused-ring (bicyclic) bond motifs is 2. The molecule has 0 unspecified atom stereocenters. The SMILES string of the molecule is CO[C@@H]1[C@@H](Oc2ncc(-c3ccc(-n4ccnc4)cc3O)nn2)C[C@@]2(C)N[C@]1(C)CC2(F)F. The minimum absolute atomic E-state index is 0.00317. The third kappa shape index (κ3) is 3.51. The van der Waals surface area contributed by atoms with Crippen molar-refractivity contribution in [3.05, 3.63) is 43.1 Å². The van der Waals surface area contributed by atoms with Crippen molar-refractivity contribution in [2.75, 3.05) is 7.11 Å². The molecule has 2 aliphatic heterocycles. The summed E-state index contributed by atoms with van der Waals surface area (Å²) in [7, 11) is 1.48. The predicted molar refractivity (Wildman–Crippen MR) is 113 cm³/mol. The van der Waals surface area contributed by atoms with Gasteiger partial charge < -0.3 is 19.1 Å². The molecule has 5 rings (SSSR count). The third-order valence-corrected chi connectivity index (χ3v) is 6.64. The fraction of sp³-hybridized carbons (Fsp3) is 0.455. The normalized spacial score (nSPS) is 30.3. The molecule has 4 atom stereocenters. The summed E-state index contributed by atoms with van der Waals surface area (Å²) < 4.78 is 42.6. The van der Waals surface area contributed by atoms with E-state index in [0.717, 1.165) is 5.69 Å². The molecule has 0 amide bonds. The van der Waals surface area contributed by atoms with Crippen LogP contribution in [0.5, 0.6) is 11.8 Å². The van der Waals surface area contributed by atoms with Crippen LogP contribution in [0, 0.1) is 0 Å². The van der Waals surface area contributed by atoms with Gasteiger partial charge in [0.05, 0.1) is 29.3 Å². The number of ether oxygens (including phenoxy) is 2. The lowest BCUT2D eigenvalue weighted by molar-refractivity contribution is -0.0976. The largest absolute Gasteiger partial charge is 0.507 e. The van der Waals surface area contributed by atoms with E-state index < -0.39 is 29.2 Å². The quantitative estimate of drug-likeness (QED) is 0.601. The molecule has 0 radical (unpaired) electrons. The van der Waals surface area contributed by atoms with Crippen molar-refractivity contribution in [1.82, 2.24) is 30.0 Å². The van der Waals surface area contributed by atoms with Crippen molar-refractivity contribution in [3.63, 3.8) is 0 Å². The second-order valence-corrected chi connectivity index (χ2v) is 9.07. The highest BCUT2D eigenvalue weighted by Crippen LogP contribution is 2.52. The van der Waals surface area contributed by atoms with Crippen LogP contribution in [0.3, 0.4) is 0 Å². The number of methoxy groups -OCH3 is 1. The van der Waals surface area contributed by atoms with Gasteiger partial charge in [-0.25, -0.2) is 18.7 Å². The van der Waals surface area contributed by atoms with Crippen LogP contribution in [0.15, 0.2) is 43.1 Å². The van der Waals surface area contributed by atoms with E-state index in [-0.39, 0.29) is 24.6 Å². The summed E-state index contributed by atoms with van der Waals surface area (Å²) in [6.07, 6.45) is 4.82. The molecule has 174 valence electrons. The van der Waals surface area contributed by atoms with Gasteiger partial charge in [-0.2, -0.15) is 0 Å². The molecule has 0 spiro atoms. The van der Waals surface area contributed by atoms with E-state index in [1.54, 1.807) is 48.4 Å². The van der Waals surface area contributed by atoms with E-state index in [4.69, 9.17) is 9.47 Å². The van der Waals surface area contributed by atoms with Crippen LogP contribution in [-0.2, 0) is 4.74 Å². The molecule has 2 aromatic heterocycles. The Balaban J connectivity index is 1.36. The maximum absolute atomic E-state index is 14.7. The Morgan fingerprint density at radius 2 is 2.06 bits per heavy atom. The number of rotatable bonds is 5. The number of aromatic hydroxyl groups is 1. The highest BCUT2D eigenvalue weighted by molar-refractivity contribution is 5.67. The number of piperidine rings is 1. The summed E-state index contributed by atoms with van der Waals surface area (Å²) in [5.41, 5.74) is -0.848. The molecule has 2 N–H and O–H groups in total. The van der Waals surface area contributed by atoms with Crippen molar-refractivity contribution < 1.29 is 23.4 Å². The highest BCUT2D eigenvalue weighted by atomic mass is 19.3. The van der Waals surface area contributed by atoms with Crippen LogP contribution >= 0.6 is 0 Å². The number of phenols is 1. The van der Waals surface area contributed by atoms with Gasteiger partial charge in [0.2, 0.25) is 0 Å². The summed E-state index contributed by atoms with van der Waals surface area (Å²) in [5, 5.41) is 21.6. The van der Waals surface area contributed by atoms with E-state index in [1.807, 2.05) is 0 Å². The van der Waals surface area contributed by atoms with Crippen LogP contribution in [0.2, 0.25) is 0 Å². The van der Waals surface area contributed by atoms with Crippen LogP contribution in [-0.4, -0.2) is 66.2 Å². The van der Waals surface area contributed by atoms with Gasteiger partial charge in [0.15, 0.2) is 0 Å². The van der Waals surface area contributed by atoms with E-state index in [0.29, 0.717) is 11.3 Å². The van der Waals surface area contributed by atoms with Gasteiger partial charge in [0.25, 0.3) is 5.92 Å². The van der Waals surface area contributed by atoms with Gasteiger partial charge in [-0.15, -0.1) is 5.10 Å². The van der Waals surface area contributed by atoms with E-state index in [1.165, 1.54) is 20.2 Å². The molecule has 0 saturated carbocycles. The maximum Gasteiger partial charge on any atom is 0.336 e. The zero-order chi connectivity index (χ0) is 23.4. The first-order valence-electron chi connectivity index (χ1n) is 10.5. The number of nitrogens with zero attached hydrogens (tertiary/aromatic N) is 5. The first kappa shape index (κ1) is 21.7. The van der Waals surface area contributed by atoms with Gasteiger partial charge in [0, 0.05) is 44.0 Å². The molecule has 2 saturated heterocycles. The number of phenolic OH excluding ortho intramolecular Hbond substituents is 1. The van der Waals surface area contributed by atoms with Gasteiger partial charge in [-0.3, -0.25) is 5.32 Å². The molecule has 9 nitrogen and oxygen atoms in total. The number of hydrogen-bond donors (Lipinski definition) is 2. The second-order valence-electron chi connectivity index (χ2n) is 9.07. The fourth-order valence-electron chi connectivity index (χ4n) is 5.12. The first-order chi connectivity index (χ1) is 15.6. The number of nitrogens with one attached hydrogen (secondary N) is 1. The summed E-state index contributed by atoms with van der Waals surface area (Å²) in [5.74, 6) is -2.90. The smallest absolute Gasteiger partial charge is 0.336 e. The molecule has 1 aromatic carbocycles. The minimum atomic E-state index is -2.90. The number of halogens is 2. The topological polar surface area (TPSA) is 107 Å². The molecule has 3 aromatic rings. The lowest BCUT2D eigenvalue weighted by atomic mass is 9.83. The lowest BCUT2D eigenvalue weighted by Crippen LogP contribution is -2.67. The van der Waals surface area contributed by atoms with E-state index in [9.17, 15) is 13.9 Å². The number of benzene rings is 1. The first-order valence-corrected chi connectivity index (χ1v) is 10.5. The Hall–Kier alpha value is -3.18. The lowest BCUT2D eigenvalue weighted by Gasteiger charge is -2.46. The molecule has 4 heterocycles. The molecule has 11 heteroatoms. The fourth-order valence-corrected chi connectivity index (χ4v) is 5.12. The summed E-state index contributed by atoms with van der Waals surface area (Å²) in [6.45, 7) is 3.22. The number of imidazole rings is 1. The monoisotopic (exact) mass is 458 g/mol. The zero-order valence-corrected chi connectivity index (χ0v) is 18.4. The van der Waals surface area contributed by atoms with Crippen LogP contribution in [0.25, 0.3) is 16.9 Å². The molecule has 0 aliphatic carbocycles. The second kappa shape index (κ2) is 7.42. The Labute approximate surface area is 188 Å². The van der Waals surface area contributed by atoms with Gasteiger partial charge in [-0.1, -0.05) is 5.10 Å². The summed E-state index contributed by atoms with van der Waals surface area (Å²) in [4.78, 5) is 8.19. The van der Waals surface area contributed by atoms with E-state index >= 15 is 0 Å². The number of aromatic nitrogens is 5. The molecular weight excluding hydrogens is 434 g/mol. The third-order valence-electron chi connectivity index (χ3n) is 6.64. The van der Waals surface area contributed by atoms with Crippen molar-refractivity contribution in [2.24, 2.45) is 0 Å². The van der Waals surface area contributed by atoms with Crippen LogP contribution < -0.4 is 10.1 Å². The average Bonchev–Trinajstić information content (AvgIpc) is 3.32. The minimum Gasteiger partial charge on any atom is -0.507 e. The van der Waals surface area contributed by atoms with Crippen LogP contribution in [0.1, 0.15) is 26.7 Å². The number of alkyl halides is 2. The van der Waals surface area contributed by atoms with Gasteiger partial charge >= 0.3 is 6.01 Å². The van der Waals surface area contributed by atoms with E-state index in [2.05, 4.69) is 25.5 Å². The Bertz CT molecular complexity index is 1160. The molecule has 2 fully saturated rings. The van der Waals surface area contributed by atoms with Crippen molar-refractivity contribution in [1.29, 1.82) is 0 Å². The highest BCUT2D eigenvalue weighted by Gasteiger charge is 2.69. The molecule has 33 heavy (non-hydrogen) atoms. The Kier molecular flexibility index (Phi) is 4.87. The van der Waals surface area contributed by atoms with Crippen molar-refractivity contribution in [2.45, 2.75) is 55.9 Å². The predicted octanol–water partition coefficient (Wildman–Crippen LogP) is 2.74. The van der Waals surface area contributed by atoms with Crippen LogP contribution in [0.4, 0.5) is 8.78 Å². The zero-order valence-electron chi connectivity index (χ0n) is 18.4. The Morgan fingerprint density at radius 3 is 2.70 bits per heavy atom. The average molecular weight is 458 g/mol. The summed E-state index contributed by atoms with van der Waals surface area (Å²) in [6, 6.07) is 5.04. The molecule has 2 aliphatic rings. The van der Waals surface area contributed by atoms with Gasteiger partial charge in [-0.05, 0) is 26.0 Å².